The van der Waals surface area contributed by atoms with Crippen molar-refractivity contribution in [1.29, 1.82) is 0 Å². The molecule has 0 saturated carbocycles. The normalized spacial score (nSPS) is 12.0. The van der Waals surface area contributed by atoms with Crippen molar-refractivity contribution < 1.29 is 18.6 Å². The number of hydrogen-bond acceptors (Lipinski definition) is 1. The van der Waals surface area contributed by atoms with E-state index in [1.165, 1.54) is 0 Å². The van der Waals surface area contributed by atoms with E-state index in [2.05, 4.69) is 4.74 Å². The largest absolute Gasteiger partial charge is 0.382 e. The topological polar surface area (TPSA) is 29.1 Å². The van der Waals surface area contributed by atoms with Gasteiger partial charge in [0.25, 0.3) is 0 Å². The molecule has 0 aromatic rings. The van der Waals surface area contributed by atoms with E-state index in [4.69, 9.17) is 11.6 Å². The maximum atomic E-state index is 11.7. The van der Waals surface area contributed by atoms with Crippen molar-refractivity contribution in [2.24, 2.45) is 0 Å². The molecule has 0 aliphatic rings. The van der Waals surface area contributed by atoms with Crippen molar-refractivity contribution in [3.8, 4) is 0 Å². The zero-order valence-electron chi connectivity index (χ0n) is 4.57. The molecule has 0 aliphatic heterocycles. The quantitative estimate of drug-likeness (QED) is 0.568. The molecular weight excluding hydrogens is 153 g/mol. The zero-order chi connectivity index (χ0) is 7.33. The molecule has 1 radical (unpaired) electrons. The molecule has 0 amide bonds. The fourth-order valence-electron chi connectivity index (χ4n) is 0.230. The molecule has 0 bridgehead atoms. The van der Waals surface area contributed by atoms with Gasteiger partial charge >= 0.3 is 6.11 Å². The third-order valence-corrected chi connectivity index (χ3v) is 0.713. The maximum Gasteiger partial charge on any atom is 0.382 e. The monoisotopic (exact) mass is 159 g/mol. The Balaban J connectivity index is 3.33. The predicted molar refractivity (Wildman–Crippen MR) is 27.2 cm³/mol. The lowest BCUT2D eigenvalue weighted by Gasteiger charge is -2.10. The molecule has 0 aromatic heterocycles. The first kappa shape index (κ1) is 9.07. The van der Waals surface area contributed by atoms with Gasteiger partial charge in [0.2, 0.25) is 0 Å². The fourth-order valence-corrected chi connectivity index (χ4v) is 0.307. The highest BCUT2D eigenvalue weighted by molar-refractivity contribution is 6.17. The molecule has 0 atom stereocenters. The molecule has 5 heteroatoms. The summed E-state index contributed by atoms with van der Waals surface area (Å²) in [5, 5.41) is 9.54. The molecule has 0 heterocycles. The second kappa shape index (κ2) is 3.98. The Labute approximate surface area is 56.4 Å². The minimum atomic E-state index is -3.55. The van der Waals surface area contributed by atoms with Gasteiger partial charge in [-0.1, -0.05) is 0 Å². The van der Waals surface area contributed by atoms with Crippen LogP contribution in [0.2, 0.25) is 0 Å². The average Bonchev–Trinajstić information content (AvgIpc) is 1.84. The first-order valence-electron chi connectivity index (χ1n) is 2.28. The van der Waals surface area contributed by atoms with Crippen LogP contribution in [0, 0.1) is 0 Å². The molecule has 0 saturated heterocycles. The highest BCUT2D eigenvalue weighted by Crippen LogP contribution is 2.13. The van der Waals surface area contributed by atoms with E-state index in [1.54, 1.807) is 0 Å². The highest BCUT2D eigenvalue weighted by Gasteiger charge is 2.28. The van der Waals surface area contributed by atoms with Crippen molar-refractivity contribution >= 4 is 11.6 Å². The van der Waals surface area contributed by atoms with Crippen molar-refractivity contribution in [3.05, 3.63) is 0 Å². The molecule has 0 fully saturated rings. The van der Waals surface area contributed by atoms with Crippen LogP contribution in [0.15, 0.2) is 0 Å². The summed E-state index contributed by atoms with van der Waals surface area (Å²) in [7, 11) is 0. The van der Waals surface area contributed by atoms with Crippen LogP contribution in [0.25, 0.3) is 0 Å². The van der Waals surface area contributed by atoms with Gasteiger partial charge in [-0.2, -0.15) is 8.78 Å². The highest BCUT2D eigenvalue weighted by atomic mass is 35.5. The Kier molecular flexibility index (Phi) is 4.01. The first-order chi connectivity index (χ1) is 4.12. The average molecular weight is 160 g/mol. The van der Waals surface area contributed by atoms with Crippen LogP contribution in [0.4, 0.5) is 8.78 Å². The van der Waals surface area contributed by atoms with Crippen LogP contribution in [0.1, 0.15) is 0 Å². The Morgan fingerprint density at radius 3 is 2.44 bits per heavy atom. The summed E-state index contributed by atoms with van der Waals surface area (Å²) in [6.45, 7) is -1.85. The summed E-state index contributed by atoms with van der Waals surface area (Å²) >= 11 is 5.00. The van der Waals surface area contributed by atoms with Gasteiger partial charge in [0, 0.05) is 5.88 Å². The molecule has 2 nitrogen and oxygen atoms in total. The zero-order valence-corrected chi connectivity index (χ0v) is 5.33. The van der Waals surface area contributed by atoms with E-state index >= 15 is 0 Å². The van der Waals surface area contributed by atoms with Crippen LogP contribution >= 0.6 is 11.6 Å². The number of halogens is 3. The van der Waals surface area contributed by atoms with Crippen molar-refractivity contribution in [1.82, 2.24) is 0 Å². The predicted octanol–water partition coefficient (Wildman–Crippen LogP) is 1.27. The Hall–Kier alpha value is 0.0700. The molecule has 9 heavy (non-hydrogen) atoms. The van der Waals surface area contributed by atoms with E-state index in [0.29, 0.717) is 0 Å². The molecule has 0 aliphatic carbocycles. The lowest BCUT2D eigenvalue weighted by atomic mass is 10.7. The Morgan fingerprint density at radius 2 is 2.11 bits per heavy atom. The smallest absolute Gasteiger partial charge is 0.317 e. The van der Waals surface area contributed by atoms with E-state index < -0.39 is 12.7 Å². The number of ether oxygens (including phenoxy) is 1. The minimum absolute atomic E-state index is 0.0322. The van der Waals surface area contributed by atoms with E-state index in [0.717, 1.165) is 0 Å². The summed E-state index contributed by atoms with van der Waals surface area (Å²) in [4.78, 5) is 0. The molecule has 0 unspecified atom stereocenters. The van der Waals surface area contributed by atoms with E-state index in [9.17, 15) is 13.9 Å². The summed E-state index contributed by atoms with van der Waals surface area (Å²) in [6, 6.07) is 0. The van der Waals surface area contributed by atoms with E-state index in [1.807, 2.05) is 0 Å². The minimum Gasteiger partial charge on any atom is -0.317 e. The first-order valence-corrected chi connectivity index (χ1v) is 2.81. The summed E-state index contributed by atoms with van der Waals surface area (Å²) in [6.07, 6.45) is -3.55. The number of rotatable bonds is 4. The SMILES string of the molecule is [O]CC(F)(F)OCCCl. The van der Waals surface area contributed by atoms with Crippen LogP contribution in [0.3, 0.4) is 0 Å². The summed E-state index contributed by atoms with van der Waals surface area (Å²) in [5.74, 6) is -0.0322. The van der Waals surface area contributed by atoms with Gasteiger partial charge in [-0.3, -0.25) is 0 Å². The third-order valence-electron chi connectivity index (χ3n) is 0.558. The Bertz CT molecular complexity index is 79.0. The van der Waals surface area contributed by atoms with Crippen LogP contribution in [-0.4, -0.2) is 25.2 Å². The fraction of sp³-hybridized carbons (Fsp3) is 1.00. The lowest BCUT2D eigenvalue weighted by molar-refractivity contribution is -0.262. The lowest BCUT2D eigenvalue weighted by Crippen LogP contribution is -2.25. The summed E-state index contributed by atoms with van der Waals surface area (Å²) in [5.41, 5.74) is 0. The molecule has 0 rings (SSSR count). The van der Waals surface area contributed by atoms with Gasteiger partial charge in [-0.05, 0) is 0 Å². The van der Waals surface area contributed by atoms with Gasteiger partial charge in [-0.15, -0.1) is 11.6 Å². The molecule has 0 N–H and O–H groups in total. The number of alkyl halides is 3. The molecular formula is C4H6ClF2O2. The molecule has 0 aromatic carbocycles. The third kappa shape index (κ3) is 4.57. The Morgan fingerprint density at radius 1 is 1.56 bits per heavy atom. The van der Waals surface area contributed by atoms with Crippen molar-refractivity contribution in [2.45, 2.75) is 6.11 Å². The summed E-state index contributed by atoms with van der Waals surface area (Å²) < 4.78 is 27.2. The van der Waals surface area contributed by atoms with Crippen LogP contribution in [-0.2, 0) is 9.84 Å². The molecule has 0 spiro atoms. The second-order valence-corrected chi connectivity index (χ2v) is 1.70. The van der Waals surface area contributed by atoms with Gasteiger partial charge in [0.05, 0.1) is 6.61 Å². The van der Waals surface area contributed by atoms with Crippen LogP contribution < -0.4 is 0 Å². The van der Waals surface area contributed by atoms with Crippen LogP contribution in [0.5, 0.6) is 0 Å². The molecule has 55 valence electrons. The van der Waals surface area contributed by atoms with Gasteiger partial charge in [0.1, 0.15) is 0 Å². The van der Waals surface area contributed by atoms with Gasteiger partial charge < -0.3 is 4.74 Å². The van der Waals surface area contributed by atoms with Crippen molar-refractivity contribution in [2.75, 3.05) is 19.1 Å². The van der Waals surface area contributed by atoms with Crippen molar-refractivity contribution in [3.63, 3.8) is 0 Å². The van der Waals surface area contributed by atoms with Gasteiger partial charge in [-0.25, -0.2) is 5.11 Å². The number of hydrogen-bond donors (Lipinski definition) is 0. The maximum absolute atomic E-state index is 11.7. The second-order valence-electron chi connectivity index (χ2n) is 1.32. The van der Waals surface area contributed by atoms with Gasteiger partial charge in [0.15, 0.2) is 6.61 Å². The van der Waals surface area contributed by atoms with E-state index in [-0.39, 0.29) is 12.5 Å². The standard InChI is InChI=1S/C4H6ClF2O2/c5-1-2-9-4(6,7)3-8/h1-3H2.